The first-order valence-corrected chi connectivity index (χ1v) is 15.3. The van der Waals surface area contributed by atoms with Gasteiger partial charge in [-0.3, -0.25) is 0 Å². The fraction of sp³-hybridized carbons (Fsp3) is 0. The molecule has 2 heteroatoms. The van der Waals surface area contributed by atoms with Crippen LogP contribution in [-0.4, -0.2) is 6.85 Å². The van der Waals surface area contributed by atoms with Gasteiger partial charge in [0.2, 0.25) is 0 Å². The molecule has 0 saturated heterocycles. The molecule has 1 nitrogen and oxygen atoms in total. The van der Waals surface area contributed by atoms with Gasteiger partial charge in [-0.25, -0.2) is 0 Å². The van der Waals surface area contributed by atoms with E-state index in [1.54, 1.807) is 0 Å². The van der Waals surface area contributed by atoms with Gasteiger partial charge >= 0.3 is 6.85 Å². The van der Waals surface area contributed by atoms with Gasteiger partial charge in [-0.2, -0.15) is 0 Å². The molecule has 0 fully saturated rings. The van der Waals surface area contributed by atoms with Gasteiger partial charge in [-0.1, -0.05) is 157 Å². The number of para-hydroxylation sites is 2. The zero-order valence-corrected chi connectivity index (χ0v) is 24.2. The number of fused-ring (bicyclic) bond motifs is 9. The smallest absolute Gasteiger partial charge is 0.328 e. The van der Waals surface area contributed by atoms with E-state index in [1.165, 1.54) is 76.9 Å². The monoisotopic (exact) mass is 557 g/mol. The zero-order valence-electron chi connectivity index (χ0n) is 24.2. The molecule has 0 unspecified atom stereocenters. The Kier molecular flexibility index (Phi) is 5.67. The van der Waals surface area contributed by atoms with E-state index in [2.05, 4.69) is 175 Å². The molecule has 0 bridgehead atoms. The summed E-state index contributed by atoms with van der Waals surface area (Å²) in [5, 5.41) is 7.77. The molecule has 0 aromatic heterocycles. The summed E-state index contributed by atoms with van der Waals surface area (Å²) in [4.78, 5) is 2.56. The molecule has 0 N–H and O–H groups in total. The molecule has 44 heavy (non-hydrogen) atoms. The van der Waals surface area contributed by atoms with E-state index < -0.39 is 0 Å². The molecular weight excluding hydrogens is 529 g/mol. The SMILES string of the molecule is c1ccc(B2c3ccccc3-c3cccc(-c4ccc5c6ccccc6c6ccccc6c5c4)c3N2c2ccccc2)cc1. The zero-order chi connectivity index (χ0) is 29.0. The van der Waals surface area contributed by atoms with Crippen molar-refractivity contribution in [1.82, 2.24) is 0 Å². The summed E-state index contributed by atoms with van der Waals surface area (Å²) in [6.45, 7) is 0.0358. The highest BCUT2D eigenvalue weighted by atomic mass is 15.1. The molecule has 0 saturated carbocycles. The Morgan fingerprint density at radius 2 is 0.886 bits per heavy atom. The molecule has 0 spiro atoms. The maximum absolute atomic E-state index is 2.56. The molecule has 0 atom stereocenters. The lowest BCUT2D eigenvalue weighted by molar-refractivity contribution is 1.36. The van der Waals surface area contributed by atoms with Gasteiger partial charge in [0.05, 0.1) is 0 Å². The van der Waals surface area contributed by atoms with Crippen LogP contribution in [0, 0.1) is 0 Å². The Morgan fingerprint density at radius 3 is 1.59 bits per heavy atom. The summed E-state index contributed by atoms with van der Waals surface area (Å²) in [5.74, 6) is 0. The van der Waals surface area contributed by atoms with E-state index in [4.69, 9.17) is 0 Å². The minimum atomic E-state index is 0.0358. The molecule has 9 rings (SSSR count). The predicted molar refractivity (Wildman–Crippen MR) is 190 cm³/mol. The van der Waals surface area contributed by atoms with Crippen LogP contribution in [0.5, 0.6) is 0 Å². The molecular formula is C42H28BN. The van der Waals surface area contributed by atoms with Crippen LogP contribution in [0.4, 0.5) is 11.4 Å². The molecule has 204 valence electrons. The highest BCUT2D eigenvalue weighted by molar-refractivity contribution is 6.91. The van der Waals surface area contributed by atoms with Gasteiger partial charge in [0.15, 0.2) is 0 Å². The van der Waals surface area contributed by atoms with Crippen LogP contribution in [0.25, 0.3) is 54.6 Å². The summed E-state index contributed by atoms with van der Waals surface area (Å²) in [6, 6.07) is 62.3. The third-order valence-electron chi connectivity index (χ3n) is 9.29. The average molecular weight is 558 g/mol. The van der Waals surface area contributed by atoms with Gasteiger partial charge in [0.25, 0.3) is 0 Å². The van der Waals surface area contributed by atoms with Gasteiger partial charge < -0.3 is 4.81 Å². The minimum Gasteiger partial charge on any atom is -0.376 e. The Balaban J connectivity index is 1.37. The van der Waals surface area contributed by atoms with Crippen molar-refractivity contribution in [2.24, 2.45) is 0 Å². The van der Waals surface area contributed by atoms with Gasteiger partial charge in [0.1, 0.15) is 0 Å². The Morgan fingerprint density at radius 1 is 0.364 bits per heavy atom. The fourth-order valence-corrected chi connectivity index (χ4v) is 7.41. The molecule has 8 aromatic carbocycles. The topological polar surface area (TPSA) is 3.24 Å². The van der Waals surface area contributed by atoms with Crippen LogP contribution in [0.2, 0.25) is 0 Å². The van der Waals surface area contributed by atoms with Crippen molar-refractivity contribution < 1.29 is 0 Å². The number of rotatable bonds is 3. The Hall–Kier alpha value is -5.60. The van der Waals surface area contributed by atoms with E-state index in [9.17, 15) is 0 Å². The van der Waals surface area contributed by atoms with Crippen molar-refractivity contribution in [3.8, 4) is 22.3 Å². The van der Waals surface area contributed by atoms with Gasteiger partial charge in [-0.05, 0) is 67.1 Å². The molecule has 1 aliphatic rings. The fourth-order valence-electron chi connectivity index (χ4n) is 7.41. The van der Waals surface area contributed by atoms with Crippen LogP contribution >= 0.6 is 0 Å². The molecule has 0 aliphatic carbocycles. The molecule has 1 heterocycles. The molecule has 1 aliphatic heterocycles. The number of nitrogens with zero attached hydrogens (tertiary/aromatic N) is 1. The van der Waals surface area contributed by atoms with E-state index >= 15 is 0 Å². The highest BCUT2D eigenvalue weighted by Gasteiger charge is 2.38. The number of hydrogen-bond donors (Lipinski definition) is 0. The van der Waals surface area contributed by atoms with E-state index in [0.717, 1.165) is 0 Å². The number of hydrogen-bond acceptors (Lipinski definition) is 1. The van der Waals surface area contributed by atoms with Crippen molar-refractivity contribution >= 4 is 61.5 Å². The van der Waals surface area contributed by atoms with Gasteiger partial charge in [0, 0.05) is 22.5 Å². The largest absolute Gasteiger partial charge is 0.376 e. The summed E-state index contributed by atoms with van der Waals surface area (Å²) in [5.41, 5.74) is 10.0. The predicted octanol–water partition coefficient (Wildman–Crippen LogP) is 9.74. The lowest BCUT2D eigenvalue weighted by Crippen LogP contribution is -2.57. The quantitative estimate of drug-likeness (QED) is 0.154. The van der Waals surface area contributed by atoms with E-state index in [1.807, 2.05) is 0 Å². The second-order valence-electron chi connectivity index (χ2n) is 11.7. The van der Waals surface area contributed by atoms with E-state index in [-0.39, 0.29) is 6.85 Å². The molecule has 0 radical (unpaired) electrons. The third kappa shape index (κ3) is 3.74. The minimum absolute atomic E-state index is 0.0358. The van der Waals surface area contributed by atoms with Crippen molar-refractivity contribution in [3.63, 3.8) is 0 Å². The Bertz CT molecular complexity index is 2310. The van der Waals surface area contributed by atoms with E-state index in [0.29, 0.717) is 0 Å². The first-order valence-electron chi connectivity index (χ1n) is 15.3. The van der Waals surface area contributed by atoms with Gasteiger partial charge in [-0.15, -0.1) is 0 Å². The van der Waals surface area contributed by atoms with Crippen LogP contribution in [0.3, 0.4) is 0 Å². The normalized spacial score (nSPS) is 12.5. The van der Waals surface area contributed by atoms with Crippen molar-refractivity contribution in [2.45, 2.75) is 0 Å². The van der Waals surface area contributed by atoms with Crippen LogP contribution < -0.4 is 15.7 Å². The van der Waals surface area contributed by atoms with Crippen molar-refractivity contribution in [2.75, 3.05) is 4.81 Å². The van der Waals surface area contributed by atoms with Crippen LogP contribution in [0.1, 0.15) is 0 Å². The average Bonchev–Trinajstić information content (AvgIpc) is 3.11. The van der Waals surface area contributed by atoms with Crippen molar-refractivity contribution in [3.05, 3.63) is 170 Å². The molecule has 0 amide bonds. The first kappa shape index (κ1) is 25.0. The number of anilines is 2. The summed E-state index contributed by atoms with van der Waals surface area (Å²) >= 11 is 0. The second-order valence-corrected chi connectivity index (χ2v) is 11.7. The third-order valence-corrected chi connectivity index (χ3v) is 9.29. The molecule has 8 aromatic rings. The lowest BCUT2D eigenvalue weighted by atomic mass is 9.45. The Labute approximate surface area is 257 Å². The van der Waals surface area contributed by atoms with Crippen LogP contribution in [0.15, 0.2) is 170 Å². The summed E-state index contributed by atoms with van der Waals surface area (Å²) < 4.78 is 0. The van der Waals surface area contributed by atoms with Crippen LogP contribution in [-0.2, 0) is 0 Å². The first-order chi connectivity index (χ1) is 21.9. The summed E-state index contributed by atoms with van der Waals surface area (Å²) in [7, 11) is 0. The summed E-state index contributed by atoms with van der Waals surface area (Å²) in [6.07, 6.45) is 0. The maximum atomic E-state index is 2.56. The van der Waals surface area contributed by atoms with Crippen molar-refractivity contribution in [1.29, 1.82) is 0 Å². The number of benzene rings is 8. The lowest BCUT2D eigenvalue weighted by Gasteiger charge is -2.40. The standard InChI is InChI=1S/C42H28BN/c1-3-14-30(15-4-1)43-41-25-12-11-22-38(41)39-24-13-23-32(42(39)44(43)31-16-5-2-6-17-31)29-26-27-37-35-20-8-7-18-33(35)34-19-9-10-21-36(34)40(37)28-29/h1-28H. The second kappa shape index (κ2) is 10.0. The highest BCUT2D eigenvalue weighted by Crippen LogP contribution is 2.46. The maximum Gasteiger partial charge on any atom is 0.328 e.